The third-order valence-corrected chi connectivity index (χ3v) is 5.18. The van der Waals surface area contributed by atoms with E-state index in [4.69, 9.17) is 9.72 Å². The van der Waals surface area contributed by atoms with E-state index >= 15 is 0 Å². The molecule has 0 spiro atoms. The van der Waals surface area contributed by atoms with Crippen LogP contribution >= 0.6 is 0 Å². The molecule has 3 aromatic rings. The molecular formula is C24H28N4O. The fourth-order valence-corrected chi connectivity index (χ4v) is 3.67. The zero-order valence-electron chi connectivity index (χ0n) is 17.1. The molecule has 29 heavy (non-hydrogen) atoms. The van der Waals surface area contributed by atoms with Crippen molar-refractivity contribution in [1.82, 2.24) is 9.97 Å². The molecule has 5 nitrogen and oxygen atoms in total. The highest BCUT2D eigenvalue weighted by molar-refractivity contribution is 5.56. The summed E-state index contributed by atoms with van der Waals surface area (Å²) in [7, 11) is 0. The van der Waals surface area contributed by atoms with Crippen LogP contribution in [-0.2, 0) is 6.61 Å². The van der Waals surface area contributed by atoms with E-state index in [9.17, 15) is 0 Å². The van der Waals surface area contributed by atoms with E-state index in [0.717, 1.165) is 41.6 Å². The maximum Gasteiger partial charge on any atom is 0.229 e. The molecule has 1 aromatic heterocycles. The van der Waals surface area contributed by atoms with Crippen LogP contribution in [0.5, 0.6) is 5.75 Å². The quantitative estimate of drug-likeness (QED) is 0.617. The largest absolute Gasteiger partial charge is 0.489 e. The Morgan fingerprint density at radius 3 is 2.62 bits per heavy atom. The maximum atomic E-state index is 5.86. The number of piperidine rings is 1. The van der Waals surface area contributed by atoms with Crippen LogP contribution in [0.15, 0.2) is 60.7 Å². The van der Waals surface area contributed by atoms with Gasteiger partial charge < -0.3 is 15.0 Å². The highest BCUT2D eigenvalue weighted by atomic mass is 16.5. The zero-order valence-corrected chi connectivity index (χ0v) is 17.1. The lowest BCUT2D eigenvalue weighted by Gasteiger charge is -2.32. The average Bonchev–Trinajstić information content (AvgIpc) is 2.74. The van der Waals surface area contributed by atoms with E-state index in [1.165, 1.54) is 12.8 Å². The minimum absolute atomic E-state index is 0.562. The zero-order chi connectivity index (χ0) is 20.1. The van der Waals surface area contributed by atoms with Gasteiger partial charge in [0.15, 0.2) is 0 Å². The number of rotatable bonds is 6. The van der Waals surface area contributed by atoms with Crippen molar-refractivity contribution in [2.75, 3.05) is 23.3 Å². The number of hydrogen-bond acceptors (Lipinski definition) is 5. The van der Waals surface area contributed by atoms with E-state index < -0.39 is 0 Å². The first-order valence-corrected chi connectivity index (χ1v) is 10.3. The summed E-state index contributed by atoms with van der Waals surface area (Å²) in [6, 6.07) is 20.2. The number of benzene rings is 2. The smallest absolute Gasteiger partial charge is 0.229 e. The van der Waals surface area contributed by atoms with Crippen molar-refractivity contribution in [2.24, 2.45) is 5.92 Å². The molecule has 0 saturated carbocycles. The first kappa shape index (κ1) is 19.2. The summed E-state index contributed by atoms with van der Waals surface area (Å²) in [5, 5.41) is 3.33. The summed E-state index contributed by atoms with van der Waals surface area (Å²) in [6.45, 7) is 7.01. The van der Waals surface area contributed by atoms with Crippen LogP contribution in [0.25, 0.3) is 0 Å². The molecule has 150 valence electrons. The number of anilines is 3. The van der Waals surface area contributed by atoms with Crippen molar-refractivity contribution >= 4 is 17.5 Å². The Balaban J connectivity index is 1.41. The van der Waals surface area contributed by atoms with Gasteiger partial charge in [-0.25, -0.2) is 4.98 Å². The highest BCUT2D eigenvalue weighted by Gasteiger charge is 2.18. The van der Waals surface area contributed by atoms with Crippen LogP contribution in [0.1, 0.15) is 31.0 Å². The van der Waals surface area contributed by atoms with Gasteiger partial charge in [0, 0.05) is 30.5 Å². The lowest BCUT2D eigenvalue weighted by molar-refractivity contribution is 0.306. The summed E-state index contributed by atoms with van der Waals surface area (Å²) < 4.78 is 5.86. The van der Waals surface area contributed by atoms with Crippen LogP contribution in [-0.4, -0.2) is 23.1 Å². The lowest BCUT2D eigenvalue weighted by Crippen LogP contribution is -2.35. The summed E-state index contributed by atoms with van der Waals surface area (Å²) in [5.41, 5.74) is 3.07. The van der Waals surface area contributed by atoms with Gasteiger partial charge in [0.25, 0.3) is 0 Å². The van der Waals surface area contributed by atoms with Crippen molar-refractivity contribution < 1.29 is 4.74 Å². The molecule has 0 amide bonds. The van der Waals surface area contributed by atoms with Crippen molar-refractivity contribution in [3.8, 4) is 5.75 Å². The van der Waals surface area contributed by atoms with Gasteiger partial charge in [-0.15, -0.1) is 0 Å². The Hall–Kier alpha value is -3.08. The summed E-state index contributed by atoms with van der Waals surface area (Å²) in [6.07, 6.45) is 2.52. The predicted molar refractivity (Wildman–Crippen MR) is 118 cm³/mol. The summed E-state index contributed by atoms with van der Waals surface area (Å²) in [4.78, 5) is 11.7. The standard InChI is InChI=1S/C24H28N4O/c1-18-7-6-14-28(16-18)23-15-19(2)25-24(27-23)26-21-10-12-22(13-11-21)29-17-20-8-4-3-5-9-20/h3-5,8-13,15,18H,6-7,14,16-17H2,1-2H3,(H,25,26,27). The molecule has 1 aliphatic heterocycles. The molecule has 1 saturated heterocycles. The minimum atomic E-state index is 0.562. The molecule has 4 rings (SSSR count). The summed E-state index contributed by atoms with van der Waals surface area (Å²) >= 11 is 0. The fraction of sp³-hybridized carbons (Fsp3) is 0.333. The van der Waals surface area contributed by atoms with Crippen LogP contribution in [0.4, 0.5) is 17.5 Å². The Bertz CT molecular complexity index is 927. The molecule has 0 bridgehead atoms. The second-order valence-corrected chi connectivity index (χ2v) is 7.81. The van der Waals surface area contributed by atoms with E-state index in [2.05, 4.69) is 40.3 Å². The first-order chi connectivity index (χ1) is 14.2. The maximum absolute atomic E-state index is 5.86. The van der Waals surface area contributed by atoms with E-state index in [-0.39, 0.29) is 0 Å². The number of hydrogen-bond donors (Lipinski definition) is 1. The third-order valence-electron chi connectivity index (χ3n) is 5.18. The normalized spacial score (nSPS) is 16.5. The van der Waals surface area contributed by atoms with E-state index in [0.29, 0.717) is 18.5 Å². The van der Waals surface area contributed by atoms with Crippen LogP contribution in [0, 0.1) is 12.8 Å². The minimum Gasteiger partial charge on any atom is -0.489 e. The second-order valence-electron chi connectivity index (χ2n) is 7.81. The summed E-state index contributed by atoms with van der Waals surface area (Å²) in [5.74, 6) is 3.19. The van der Waals surface area contributed by atoms with Crippen molar-refractivity contribution in [1.29, 1.82) is 0 Å². The first-order valence-electron chi connectivity index (χ1n) is 10.3. The van der Waals surface area contributed by atoms with Crippen molar-refractivity contribution in [3.05, 3.63) is 71.9 Å². The van der Waals surface area contributed by atoms with Crippen molar-refractivity contribution in [2.45, 2.75) is 33.3 Å². The Morgan fingerprint density at radius 1 is 1.07 bits per heavy atom. The van der Waals surface area contributed by atoms with E-state index in [1.54, 1.807) is 0 Å². The SMILES string of the molecule is Cc1cc(N2CCCC(C)C2)nc(Nc2ccc(OCc3ccccc3)cc2)n1. The molecule has 1 N–H and O–H groups in total. The van der Waals surface area contributed by atoms with Gasteiger partial charge >= 0.3 is 0 Å². The van der Waals surface area contributed by atoms with Crippen LogP contribution in [0.3, 0.4) is 0 Å². The molecule has 0 aliphatic carbocycles. The Kier molecular flexibility index (Phi) is 5.94. The Labute approximate surface area is 172 Å². The van der Waals surface area contributed by atoms with Gasteiger partial charge in [-0.3, -0.25) is 0 Å². The molecule has 1 atom stereocenters. The molecule has 1 aliphatic rings. The van der Waals surface area contributed by atoms with Crippen LogP contribution in [0.2, 0.25) is 0 Å². The number of nitrogens with zero attached hydrogens (tertiary/aromatic N) is 3. The second kappa shape index (κ2) is 8.95. The van der Waals surface area contributed by atoms with Gasteiger partial charge in [-0.2, -0.15) is 4.98 Å². The van der Waals surface area contributed by atoms with Gasteiger partial charge in [-0.05, 0) is 55.5 Å². The van der Waals surface area contributed by atoms with Crippen molar-refractivity contribution in [3.63, 3.8) is 0 Å². The number of ether oxygens (including phenoxy) is 1. The molecule has 1 unspecified atom stereocenters. The Morgan fingerprint density at radius 2 is 1.86 bits per heavy atom. The number of aryl methyl sites for hydroxylation is 1. The van der Waals surface area contributed by atoms with Gasteiger partial charge in [0.1, 0.15) is 18.2 Å². The predicted octanol–water partition coefficient (Wildman–Crippen LogP) is 5.34. The fourth-order valence-electron chi connectivity index (χ4n) is 3.67. The number of aromatic nitrogens is 2. The molecule has 2 heterocycles. The van der Waals surface area contributed by atoms with E-state index in [1.807, 2.05) is 49.4 Å². The topological polar surface area (TPSA) is 50.3 Å². The number of nitrogens with one attached hydrogen (secondary N) is 1. The molecule has 2 aromatic carbocycles. The molecule has 5 heteroatoms. The highest BCUT2D eigenvalue weighted by Crippen LogP contribution is 2.24. The van der Waals surface area contributed by atoms with Gasteiger partial charge in [-0.1, -0.05) is 37.3 Å². The lowest BCUT2D eigenvalue weighted by atomic mass is 10.0. The average molecular weight is 389 g/mol. The molecular weight excluding hydrogens is 360 g/mol. The van der Waals surface area contributed by atoms with Gasteiger partial charge in [0.2, 0.25) is 5.95 Å². The van der Waals surface area contributed by atoms with Crippen LogP contribution < -0.4 is 15.0 Å². The molecule has 1 fully saturated rings. The third kappa shape index (κ3) is 5.25. The monoisotopic (exact) mass is 388 g/mol. The van der Waals surface area contributed by atoms with Gasteiger partial charge in [0.05, 0.1) is 0 Å². The molecule has 0 radical (unpaired) electrons.